The van der Waals surface area contributed by atoms with Crippen molar-refractivity contribution >= 4 is 5.57 Å². The van der Waals surface area contributed by atoms with Crippen LogP contribution in [-0.4, -0.2) is 0 Å². The van der Waals surface area contributed by atoms with E-state index >= 15 is 0 Å². The molecule has 1 heteroatoms. The van der Waals surface area contributed by atoms with E-state index in [0.717, 1.165) is 28.9 Å². The number of rotatable bonds is 5. The zero-order valence-corrected chi connectivity index (χ0v) is 17.1. The minimum absolute atomic E-state index is 0.407. The molecule has 0 N–H and O–H groups in total. The lowest BCUT2D eigenvalue weighted by atomic mass is 9.68. The summed E-state index contributed by atoms with van der Waals surface area (Å²) in [5, 5.41) is 0. The monoisotopic (exact) mass is 366 g/mol. The Hall–Kier alpha value is -1.63. The van der Waals surface area contributed by atoms with E-state index in [0.29, 0.717) is 5.92 Å². The highest BCUT2D eigenvalue weighted by molar-refractivity contribution is 5.74. The van der Waals surface area contributed by atoms with Gasteiger partial charge >= 0.3 is 0 Å². The summed E-state index contributed by atoms with van der Waals surface area (Å²) in [5.74, 6) is 3.24. The smallest absolute Gasteiger partial charge is 0.116 e. The van der Waals surface area contributed by atoms with Crippen molar-refractivity contribution < 1.29 is 4.39 Å². The van der Waals surface area contributed by atoms with Crippen molar-refractivity contribution in [3.05, 3.63) is 66.0 Å². The van der Waals surface area contributed by atoms with Crippen molar-refractivity contribution in [3.8, 4) is 0 Å². The summed E-state index contributed by atoms with van der Waals surface area (Å²) >= 11 is 0. The summed E-state index contributed by atoms with van der Waals surface area (Å²) in [6.45, 7) is 7.70. The van der Waals surface area contributed by atoms with Gasteiger partial charge in [-0.2, -0.15) is 0 Å². The van der Waals surface area contributed by atoms with E-state index < -0.39 is 5.83 Å². The molecule has 2 saturated carbocycles. The number of hydrogen-bond acceptors (Lipinski definition) is 0. The molecule has 2 fully saturated rings. The molecule has 146 valence electrons. The predicted octanol–water partition coefficient (Wildman–Crippen LogP) is 8.23. The molecule has 2 aliphatic rings. The van der Waals surface area contributed by atoms with Crippen LogP contribution in [0.2, 0.25) is 0 Å². The first-order chi connectivity index (χ1) is 13.1. The topological polar surface area (TPSA) is 0 Å². The molecule has 1 aromatic rings. The van der Waals surface area contributed by atoms with Crippen LogP contribution in [0.3, 0.4) is 0 Å². The molecule has 1 aromatic carbocycles. The quantitative estimate of drug-likeness (QED) is 0.460. The van der Waals surface area contributed by atoms with Crippen LogP contribution in [0.15, 0.2) is 54.9 Å². The SMILES string of the molecule is C=C(F)/C=C\C(=C/C)c1ccc(C2CCC(C3CCC(C)CC3)CC2)cc1. The van der Waals surface area contributed by atoms with E-state index in [9.17, 15) is 4.39 Å². The van der Waals surface area contributed by atoms with E-state index in [-0.39, 0.29) is 0 Å². The second kappa shape index (κ2) is 9.53. The Balaban J connectivity index is 1.56. The van der Waals surface area contributed by atoms with Crippen molar-refractivity contribution in [1.82, 2.24) is 0 Å². The number of halogens is 1. The highest BCUT2D eigenvalue weighted by Crippen LogP contribution is 2.43. The average molecular weight is 367 g/mol. The van der Waals surface area contributed by atoms with Crippen LogP contribution in [0.4, 0.5) is 4.39 Å². The maximum atomic E-state index is 12.9. The molecular formula is C26H35F. The van der Waals surface area contributed by atoms with E-state index in [1.54, 1.807) is 6.08 Å². The van der Waals surface area contributed by atoms with Crippen molar-refractivity contribution in [3.63, 3.8) is 0 Å². The highest BCUT2D eigenvalue weighted by Gasteiger charge is 2.30. The fourth-order valence-corrected chi connectivity index (χ4v) is 5.17. The van der Waals surface area contributed by atoms with Crippen LogP contribution < -0.4 is 0 Å². The standard InChI is InChI=1S/C26H35F/c1-4-21(10-7-20(3)27)22-11-13-25(14-12-22)26-17-15-24(16-18-26)23-8-5-19(2)6-9-23/h4,7,10-14,19,23-24,26H,3,5-6,8-9,15-18H2,1-2H3/b10-7-,21-4+. The number of benzene rings is 1. The fraction of sp³-hybridized carbons (Fsp3) is 0.538. The summed E-state index contributed by atoms with van der Waals surface area (Å²) in [6.07, 6.45) is 16.6. The van der Waals surface area contributed by atoms with Crippen LogP contribution in [-0.2, 0) is 0 Å². The maximum absolute atomic E-state index is 12.9. The molecule has 0 heterocycles. The number of hydrogen-bond donors (Lipinski definition) is 0. The molecule has 0 bridgehead atoms. The van der Waals surface area contributed by atoms with Gasteiger partial charge in [-0.05, 0) is 91.9 Å². The molecule has 0 aliphatic heterocycles. The van der Waals surface area contributed by atoms with Crippen LogP contribution >= 0.6 is 0 Å². The van der Waals surface area contributed by atoms with Crippen molar-refractivity contribution in [2.24, 2.45) is 17.8 Å². The Bertz CT molecular complexity index is 663. The lowest BCUT2D eigenvalue weighted by Crippen LogP contribution is -2.24. The van der Waals surface area contributed by atoms with E-state index in [1.165, 1.54) is 63.0 Å². The number of allylic oxidation sites excluding steroid dienone is 5. The van der Waals surface area contributed by atoms with Crippen LogP contribution in [0.5, 0.6) is 0 Å². The van der Waals surface area contributed by atoms with E-state index in [2.05, 4.69) is 37.8 Å². The van der Waals surface area contributed by atoms with E-state index in [1.807, 2.05) is 13.0 Å². The Morgan fingerprint density at radius 3 is 1.96 bits per heavy atom. The second-order valence-electron chi connectivity index (χ2n) is 8.78. The molecule has 0 saturated heterocycles. The van der Waals surface area contributed by atoms with Crippen LogP contribution in [0.1, 0.15) is 82.3 Å². The first kappa shape index (κ1) is 20.1. The largest absolute Gasteiger partial charge is 0.208 e. The van der Waals surface area contributed by atoms with Crippen molar-refractivity contribution in [2.75, 3.05) is 0 Å². The third kappa shape index (κ3) is 5.43. The van der Waals surface area contributed by atoms with Crippen molar-refractivity contribution in [2.45, 2.75) is 71.1 Å². The molecule has 0 spiro atoms. The molecule has 0 nitrogen and oxygen atoms in total. The van der Waals surface area contributed by atoms with Gasteiger partial charge in [0.1, 0.15) is 5.83 Å². The molecule has 0 atom stereocenters. The first-order valence-corrected chi connectivity index (χ1v) is 10.9. The lowest BCUT2D eigenvalue weighted by molar-refractivity contribution is 0.165. The summed E-state index contributed by atoms with van der Waals surface area (Å²) < 4.78 is 12.9. The third-order valence-corrected chi connectivity index (χ3v) is 6.97. The highest BCUT2D eigenvalue weighted by atomic mass is 19.1. The van der Waals surface area contributed by atoms with Gasteiger partial charge in [0.05, 0.1) is 0 Å². The lowest BCUT2D eigenvalue weighted by Gasteiger charge is -2.37. The Morgan fingerprint density at radius 1 is 0.889 bits per heavy atom. The molecule has 3 rings (SSSR count). The zero-order chi connectivity index (χ0) is 19.2. The van der Waals surface area contributed by atoms with Gasteiger partial charge < -0.3 is 0 Å². The minimum Gasteiger partial charge on any atom is -0.208 e. The van der Waals surface area contributed by atoms with E-state index in [4.69, 9.17) is 0 Å². The Kier molecular flexibility index (Phi) is 7.10. The van der Waals surface area contributed by atoms with Crippen molar-refractivity contribution in [1.29, 1.82) is 0 Å². The van der Waals surface area contributed by atoms with Gasteiger partial charge in [0.15, 0.2) is 0 Å². The first-order valence-electron chi connectivity index (χ1n) is 10.9. The van der Waals surface area contributed by atoms with Gasteiger partial charge in [0, 0.05) is 0 Å². The molecule has 0 unspecified atom stereocenters. The van der Waals surface area contributed by atoms with Gasteiger partial charge in [-0.3, -0.25) is 0 Å². The van der Waals surface area contributed by atoms with Gasteiger partial charge in [0.2, 0.25) is 0 Å². The fourth-order valence-electron chi connectivity index (χ4n) is 5.17. The summed E-state index contributed by atoms with van der Waals surface area (Å²) in [6, 6.07) is 8.93. The Labute approximate surface area is 165 Å². The molecule has 0 radical (unpaired) electrons. The third-order valence-electron chi connectivity index (χ3n) is 6.97. The average Bonchev–Trinajstić information content (AvgIpc) is 2.69. The summed E-state index contributed by atoms with van der Waals surface area (Å²) in [5.41, 5.74) is 3.66. The molecule has 0 amide bonds. The summed E-state index contributed by atoms with van der Waals surface area (Å²) in [4.78, 5) is 0. The predicted molar refractivity (Wildman–Crippen MR) is 115 cm³/mol. The summed E-state index contributed by atoms with van der Waals surface area (Å²) in [7, 11) is 0. The van der Waals surface area contributed by atoms with Gasteiger partial charge in [0.25, 0.3) is 0 Å². The second-order valence-corrected chi connectivity index (χ2v) is 8.78. The normalized spacial score (nSPS) is 29.8. The molecule has 27 heavy (non-hydrogen) atoms. The minimum atomic E-state index is -0.407. The van der Waals surface area contributed by atoms with Gasteiger partial charge in [-0.15, -0.1) is 0 Å². The zero-order valence-electron chi connectivity index (χ0n) is 17.1. The Morgan fingerprint density at radius 2 is 1.44 bits per heavy atom. The molecule has 2 aliphatic carbocycles. The van der Waals surface area contributed by atoms with Crippen LogP contribution in [0, 0.1) is 17.8 Å². The molecule has 0 aromatic heterocycles. The van der Waals surface area contributed by atoms with Gasteiger partial charge in [-0.25, -0.2) is 4.39 Å². The maximum Gasteiger partial charge on any atom is 0.116 e. The van der Waals surface area contributed by atoms with Gasteiger partial charge in [-0.1, -0.05) is 62.8 Å². The molecular weight excluding hydrogens is 331 g/mol. The van der Waals surface area contributed by atoms with Crippen LogP contribution in [0.25, 0.3) is 5.57 Å².